The minimum absolute atomic E-state index is 0.397. The number of aromatic nitrogens is 2. The number of hydrogen-bond acceptors (Lipinski definition) is 3. The molecule has 4 heteroatoms. The van der Waals surface area contributed by atoms with E-state index in [1.807, 2.05) is 33.9 Å². The zero-order valence-electron chi connectivity index (χ0n) is 7.92. The molecule has 2 heterocycles. The lowest BCUT2D eigenvalue weighted by atomic mass is 10.2. The van der Waals surface area contributed by atoms with Crippen molar-refractivity contribution in [1.82, 2.24) is 9.55 Å². The second kappa shape index (κ2) is 3.94. The highest BCUT2D eigenvalue weighted by Gasteiger charge is 2.03. The molecule has 0 aliphatic rings. The zero-order valence-corrected chi connectivity index (χ0v) is 8.74. The molecule has 0 radical (unpaired) electrons. The number of aliphatic hydroxyl groups excluding tert-OH is 1. The summed E-state index contributed by atoms with van der Waals surface area (Å²) in [5.74, 6) is 0. The van der Waals surface area contributed by atoms with Gasteiger partial charge in [-0.2, -0.15) is 0 Å². The molecule has 1 atom stereocenters. The number of nitrogens with zero attached hydrogens (tertiary/aromatic N) is 2. The highest BCUT2D eigenvalue weighted by molar-refractivity contribution is 7.07. The Morgan fingerprint density at radius 1 is 1.64 bits per heavy atom. The predicted octanol–water partition coefficient (Wildman–Crippen LogP) is 2.05. The van der Waals surface area contributed by atoms with Gasteiger partial charge in [-0.05, 0) is 18.6 Å². The van der Waals surface area contributed by atoms with Crippen molar-refractivity contribution in [3.05, 3.63) is 40.6 Å². The van der Waals surface area contributed by atoms with E-state index in [0.717, 1.165) is 17.8 Å². The topological polar surface area (TPSA) is 38.0 Å². The molecule has 0 aliphatic heterocycles. The molecule has 0 saturated heterocycles. The molecule has 2 aromatic heterocycles. The van der Waals surface area contributed by atoms with Crippen LogP contribution in [0.15, 0.2) is 29.4 Å². The van der Waals surface area contributed by atoms with E-state index in [0.29, 0.717) is 0 Å². The minimum atomic E-state index is -0.397. The lowest BCUT2D eigenvalue weighted by molar-refractivity contribution is 0.199. The van der Waals surface area contributed by atoms with Crippen LogP contribution in [0.25, 0.3) is 0 Å². The third-order valence-corrected chi connectivity index (χ3v) is 2.72. The summed E-state index contributed by atoms with van der Waals surface area (Å²) in [7, 11) is 0. The maximum atomic E-state index is 9.34. The first-order valence-electron chi connectivity index (χ1n) is 4.46. The Morgan fingerprint density at radius 2 is 2.50 bits per heavy atom. The minimum Gasteiger partial charge on any atom is -0.389 e. The number of hydrogen-bond donors (Lipinski definition) is 1. The van der Waals surface area contributed by atoms with Crippen molar-refractivity contribution in [2.75, 3.05) is 0 Å². The van der Waals surface area contributed by atoms with Crippen LogP contribution in [0.2, 0.25) is 0 Å². The van der Waals surface area contributed by atoms with Crippen LogP contribution in [0.5, 0.6) is 0 Å². The van der Waals surface area contributed by atoms with Gasteiger partial charge in [0.25, 0.3) is 0 Å². The Balaban J connectivity index is 2.11. The van der Waals surface area contributed by atoms with Crippen molar-refractivity contribution >= 4 is 11.3 Å². The standard InChI is InChI=1S/C10H12N2OS/c1-8(13)9-2-3-12(4-9)5-10-6-14-7-11-10/h2-4,6-8,13H,5H2,1H3. The maximum Gasteiger partial charge on any atom is 0.0795 e. The summed E-state index contributed by atoms with van der Waals surface area (Å²) in [6, 6.07) is 1.93. The van der Waals surface area contributed by atoms with Crippen molar-refractivity contribution in [2.24, 2.45) is 0 Å². The van der Waals surface area contributed by atoms with Crippen molar-refractivity contribution < 1.29 is 5.11 Å². The smallest absolute Gasteiger partial charge is 0.0795 e. The molecular formula is C10H12N2OS. The summed E-state index contributed by atoms with van der Waals surface area (Å²) in [5, 5.41) is 11.4. The highest BCUT2D eigenvalue weighted by atomic mass is 32.1. The molecule has 74 valence electrons. The van der Waals surface area contributed by atoms with E-state index in [-0.39, 0.29) is 0 Å². The van der Waals surface area contributed by atoms with Gasteiger partial charge in [0.2, 0.25) is 0 Å². The van der Waals surface area contributed by atoms with Crippen molar-refractivity contribution in [1.29, 1.82) is 0 Å². The molecule has 0 aromatic carbocycles. The molecule has 14 heavy (non-hydrogen) atoms. The Bertz CT molecular complexity index is 392. The summed E-state index contributed by atoms with van der Waals surface area (Å²) in [4.78, 5) is 4.20. The highest BCUT2D eigenvalue weighted by Crippen LogP contribution is 2.13. The molecule has 1 N–H and O–H groups in total. The quantitative estimate of drug-likeness (QED) is 0.838. The van der Waals surface area contributed by atoms with Gasteiger partial charge in [-0.1, -0.05) is 0 Å². The molecule has 3 nitrogen and oxygen atoms in total. The second-order valence-electron chi connectivity index (χ2n) is 3.27. The molecule has 0 saturated carbocycles. The third kappa shape index (κ3) is 2.02. The number of aliphatic hydroxyl groups is 1. The molecular weight excluding hydrogens is 196 g/mol. The van der Waals surface area contributed by atoms with Crippen molar-refractivity contribution in [2.45, 2.75) is 19.6 Å². The summed E-state index contributed by atoms with van der Waals surface area (Å²) >= 11 is 1.60. The van der Waals surface area contributed by atoms with E-state index in [1.165, 1.54) is 0 Å². The van der Waals surface area contributed by atoms with Crippen LogP contribution in [0.1, 0.15) is 24.3 Å². The predicted molar refractivity (Wildman–Crippen MR) is 56.3 cm³/mol. The van der Waals surface area contributed by atoms with Crippen LogP contribution >= 0.6 is 11.3 Å². The van der Waals surface area contributed by atoms with Crippen LogP contribution in [0.4, 0.5) is 0 Å². The van der Waals surface area contributed by atoms with Crippen LogP contribution in [0, 0.1) is 0 Å². The van der Waals surface area contributed by atoms with E-state index in [1.54, 1.807) is 18.3 Å². The van der Waals surface area contributed by atoms with Crippen LogP contribution in [-0.2, 0) is 6.54 Å². The van der Waals surface area contributed by atoms with Crippen LogP contribution < -0.4 is 0 Å². The lowest BCUT2D eigenvalue weighted by Gasteiger charge is -2.00. The summed E-state index contributed by atoms with van der Waals surface area (Å²) < 4.78 is 2.02. The van der Waals surface area contributed by atoms with Gasteiger partial charge < -0.3 is 9.67 Å². The zero-order chi connectivity index (χ0) is 9.97. The van der Waals surface area contributed by atoms with Gasteiger partial charge in [0.1, 0.15) is 0 Å². The Hall–Kier alpha value is -1.13. The van der Waals surface area contributed by atoms with Gasteiger partial charge >= 0.3 is 0 Å². The molecule has 1 unspecified atom stereocenters. The first-order valence-corrected chi connectivity index (χ1v) is 5.41. The number of rotatable bonds is 3. The Kier molecular flexibility index (Phi) is 2.65. The first-order chi connectivity index (χ1) is 6.75. The van der Waals surface area contributed by atoms with Gasteiger partial charge in [0, 0.05) is 17.8 Å². The fourth-order valence-corrected chi connectivity index (χ4v) is 1.86. The summed E-state index contributed by atoms with van der Waals surface area (Å²) in [5.41, 5.74) is 3.83. The van der Waals surface area contributed by atoms with Gasteiger partial charge in [-0.3, -0.25) is 0 Å². The lowest BCUT2D eigenvalue weighted by Crippen LogP contribution is -1.96. The summed E-state index contributed by atoms with van der Waals surface area (Å²) in [6.45, 7) is 2.54. The van der Waals surface area contributed by atoms with Gasteiger partial charge in [-0.25, -0.2) is 4.98 Å². The normalized spacial score (nSPS) is 13.0. The molecule has 0 bridgehead atoms. The van der Waals surface area contributed by atoms with Crippen molar-refractivity contribution in [3.8, 4) is 0 Å². The fraction of sp³-hybridized carbons (Fsp3) is 0.300. The van der Waals surface area contributed by atoms with Crippen LogP contribution in [-0.4, -0.2) is 14.7 Å². The van der Waals surface area contributed by atoms with E-state index in [4.69, 9.17) is 0 Å². The Labute approximate surface area is 86.7 Å². The largest absolute Gasteiger partial charge is 0.389 e. The van der Waals surface area contributed by atoms with E-state index < -0.39 is 6.10 Å². The molecule has 0 spiro atoms. The van der Waals surface area contributed by atoms with Gasteiger partial charge in [0.05, 0.1) is 23.9 Å². The van der Waals surface area contributed by atoms with E-state index >= 15 is 0 Å². The molecule has 0 amide bonds. The maximum absolute atomic E-state index is 9.34. The van der Waals surface area contributed by atoms with Crippen molar-refractivity contribution in [3.63, 3.8) is 0 Å². The fourth-order valence-electron chi connectivity index (χ4n) is 1.31. The van der Waals surface area contributed by atoms with Crippen LogP contribution in [0.3, 0.4) is 0 Å². The third-order valence-electron chi connectivity index (χ3n) is 2.08. The molecule has 2 rings (SSSR count). The number of thiazole rings is 1. The average molecular weight is 208 g/mol. The van der Waals surface area contributed by atoms with E-state index in [2.05, 4.69) is 4.98 Å². The molecule has 2 aromatic rings. The monoisotopic (exact) mass is 208 g/mol. The second-order valence-corrected chi connectivity index (χ2v) is 3.99. The summed E-state index contributed by atoms with van der Waals surface area (Å²) in [6.07, 6.45) is 3.51. The van der Waals surface area contributed by atoms with Gasteiger partial charge in [0.15, 0.2) is 0 Å². The molecule has 0 aliphatic carbocycles. The first kappa shape index (κ1) is 9.43. The van der Waals surface area contributed by atoms with Gasteiger partial charge in [-0.15, -0.1) is 11.3 Å². The SMILES string of the molecule is CC(O)c1ccn(Cc2cscn2)c1. The van der Waals surface area contributed by atoms with E-state index in [9.17, 15) is 5.11 Å². The average Bonchev–Trinajstić information content (AvgIpc) is 2.75. The molecule has 0 fully saturated rings. The Morgan fingerprint density at radius 3 is 3.07 bits per heavy atom.